The lowest BCUT2D eigenvalue weighted by atomic mass is 10.2. The molecule has 2 aromatic heterocycles. The van der Waals surface area contributed by atoms with Crippen molar-refractivity contribution in [2.24, 2.45) is 0 Å². The summed E-state index contributed by atoms with van der Waals surface area (Å²) in [5, 5.41) is 20.8. The molecule has 0 spiro atoms. The Balaban J connectivity index is 1.90. The van der Waals surface area contributed by atoms with E-state index in [2.05, 4.69) is 30.8 Å². The van der Waals surface area contributed by atoms with E-state index < -0.39 is 12.0 Å². The van der Waals surface area contributed by atoms with E-state index in [4.69, 9.17) is 5.11 Å². The fraction of sp³-hybridized carbons (Fsp3) is 0.0909. The summed E-state index contributed by atoms with van der Waals surface area (Å²) in [6.45, 7) is 0.0766. The molecule has 20 heavy (non-hydrogen) atoms. The van der Waals surface area contributed by atoms with Gasteiger partial charge in [-0.25, -0.2) is 14.6 Å². The van der Waals surface area contributed by atoms with Crippen molar-refractivity contribution in [3.8, 4) is 0 Å². The Bertz CT molecular complexity index is 619. The van der Waals surface area contributed by atoms with Gasteiger partial charge in [0.05, 0.1) is 30.2 Å². The molecule has 0 bridgehead atoms. The maximum atomic E-state index is 11.5. The SMILES string of the molecule is O=C(NCc1cc(C(=O)O)ccn1)Nc1nccnn1. The monoisotopic (exact) mass is 274 g/mol. The largest absolute Gasteiger partial charge is 0.478 e. The summed E-state index contributed by atoms with van der Waals surface area (Å²) in [6, 6.07) is 2.21. The van der Waals surface area contributed by atoms with Gasteiger partial charge in [0.2, 0.25) is 0 Å². The minimum atomic E-state index is -1.05. The van der Waals surface area contributed by atoms with Gasteiger partial charge < -0.3 is 10.4 Å². The molecule has 0 aliphatic carbocycles. The number of carboxylic acid groups (broad SMARTS) is 1. The van der Waals surface area contributed by atoms with Gasteiger partial charge in [-0.3, -0.25) is 10.3 Å². The van der Waals surface area contributed by atoms with Crippen molar-refractivity contribution in [2.45, 2.75) is 6.54 Å². The fourth-order valence-electron chi connectivity index (χ4n) is 1.33. The third-order valence-corrected chi connectivity index (χ3v) is 2.20. The normalized spacial score (nSPS) is 9.80. The quantitative estimate of drug-likeness (QED) is 0.730. The van der Waals surface area contributed by atoms with Crippen LogP contribution in [0, 0.1) is 0 Å². The number of urea groups is 1. The van der Waals surface area contributed by atoms with Gasteiger partial charge in [0, 0.05) is 6.20 Å². The molecule has 0 fully saturated rings. The van der Waals surface area contributed by atoms with Crippen LogP contribution in [0.4, 0.5) is 10.7 Å². The number of hydrogen-bond acceptors (Lipinski definition) is 6. The standard InChI is InChI=1S/C11H10N6O3/c18-9(19)7-1-2-12-8(5-7)6-14-11(20)16-10-13-3-4-15-17-10/h1-5H,6H2,(H,18,19)(H2,13,14,16,17,20). The number of rotatable bonds is 4. The highest BCUT2D eigenvalue weighted by Crippen LogP contribution is 2.01. The van der Waals surface area contributed by atoms with Gasteiger partial charge in [0.1, 0.15) is 0 Å². The molecule has 2 heterocycles. The number of carboxylic acids is 1. The highest BCUT2D eigenvalue weighted by Gasteiger charge is 2.07. The molecule has 0 atom stereocenters. The summed E-state index contributed by atoms with van der Waals surface area (Å²) in [4.78, 5) is 30.0. The average molecular weight is 274 g/mol. The van der Waals surface area contributed by atoms with E-state index in [9.17, 15) is 9.59 Å². The first-order valence-corrected chi connectivity index (χ1v) is 5.52. The van der Waals surface area contributed by atoms with Crippen molar-refractivity contribution < 1.29 is 14.7 Å². The number of nitrogens with zero attached hydrogens (tertiary/aromatic N) is 4. The van der Waals surface area contributed by atoms with Crippen LogP contribution in [-0.2, 0) is 6.54 Å². The molecule has 2 rings (SSSR count). The van der Waals surface area contributed by atoms with E-state index in [-0.39, 0.29) is 18.1 Å². The molecule has 102 valence electrons. The topological polar surface area (TPSA) is 130 Å². The smallest absolute Gasteiger partial charge is 0.335 e. The van der Waals surface area contributed by atoms with Gasteiger partial charge in [-0.05, 0) is 12.1 Å². The van der Waals surface area contributed by atoms with Crippen molar-refractivity contribution in [1.29, 1.82) is 0 Å². The Labute approximate surface area is 113 Å². The molecular formula is C11H10N6O3. The molecule has 0 aliphatic rings. The second-order valence-electron chi connectivity index (χ2n) is 3.62. The maximum Gasteiger partial charge on any atom is 0.335 e. The van der Waals surface area contributed by atoms with Crippen LogP contribution in [-0.4, -0.2) is 37.3 Å². The van der Waals surface area contributed by atoms with Crippen molar-refractivity contribution in [3.63, 3.8) is 0 Å². The molecule has 9 nitrogen and oxygen atoms in total. The predicted octanol–water partition coefficient (Wildman–Crippen LogP) is 0.286. The van der Waals surface area contributed by atoms with Crippen LogP contribution in [0.15, 0.2) is 30.7 Å². The van der Waals surface area contributed by atoms with Crippen LogP contribution in [0.1, 0.15) is 16.1 Å². The highest BCUT2D eigenvalue weighted by molar-refractivity contribution is 5.88. The Kier molecular flexibility index (Phi) is 4.12. The molecule has 0 aliphatic heterocycles. The third kappa shape index (κ3) is 3.70. The van der Waals surface area contributed by atoms with Gasteiger partial charge >= 0.3 is 12.0 Å². The van der Waals surface area contributed by atoms with Crippen LogP contribution in [0.25, 0.3) is 0 Å². The van der Waals surface area contributed by atoms with E-state index in [1.54, 1.807) is 0 Å². The zero-order valence-electron chi connectivity index (χ0n) is 10.1. The maximum absolute atomic E-state index is 11.5. The average Bonchev–Trinajstić information content (AvgIpc) is 2.46. The Hall–Kier alpha value is -3.10. The predicted molar refractivity (Wildman–Crippen MR) is 66.9 cm³/mol. The Morgan fingerprint density at radius 1 is 1.20 bits per heavy atom. The highest BCUT2D eigenvalue weighted by atomic mass is 16.4. The van der Waals surface area contributed by atoms with E-state index in [0.29, 0.717) is 5.69 Å². The molecule has 3 N–H and O–H groups in total. The zero-order valence-corrected chi connectivity index (χ0v) is 10.1. The summed E-state index contributed by atoms with van der Waals surface area (Å²) in [5.74, 6) is -0.987. The first kappa shape index (κ1) is 13.3. The first-order chi connectivity index (χ1) is 9.65. The van der Waals surface area contributed by atoms with Gasteiger partial charge in [0.25, 0.3) is 5.95 Å². The van der Waals surface area contributed by atoms with Crippen LogP contribution < -0.4 is 10.6 Å². The number of carbonyl (C=O) groups excluding carboxylic acids is 1. The number of nitrogens with one attached hydrogen (secondary N) is 2. The molecule has 0 unspecified atom stereocenters. The number of amides is 2. The zero-order chi connectivity index (χ0) is 14.4. The molecule has 0 aromatic carbocycles. The summed E-state index contributed by atoms with van der Waals surface area (Å²) >= 11 is 0. The summed E-state index contributed by atoms with van der Waals surface area (Å²) in [6.07, 6.45) is 4.13. The van der Waals surface area contributed by atoms with E-state index >= 15 is 0 Å². The molecule has 2 aromatic rings. The van der Waals surface area contributed by atoms with Crippen LogP contribution in [0.3, 0.4) is 0 Å². The minimum absolute atomic E-state index is 0.0669. The lowest BCUT2D eigenvalue weighted by Crippen LogP contribution is -2.29. The molecule has 0 radical (unpaired) electrons. The van der Waals surface area contributed by atoms with Crippen molar-refractivity contribution in [3.05, 3.63) is 42.0 Å². The Morgan fingerprint density at radius 3 is 2.75 bits per heavy atom. The summed E-state index contributed by atoms with van der Waals surface area (Å²) in [5.41, 5.74) is 0.528. The van der Waals surface area contributed by atoms with Gasteiger partial charge in [-0.1, -0.05) is 0 Å². The van der Waals surface area contributed by atoms with Crippen molar-refractivity contribution in [2.75, 3.05) is 5.32 Å². The second-order valence-corrected chi connectivity index (χ2v) is 3.62. The molecule has 2 amide bonds. The van der Waals surface area contributed by atoms with Crippen LogP contribution in [0.2, 0.25) is 0 Å². The number of aromatic nitrogens is 4. The van der Waals surface area contributed by atoms with Gasteiger partial charge in [-0.2, -0.15) is 5.10 Å². The number of anilines is 1. The second kappa shape index (κ2) is 6.18. The lowest BCUT2D eigenvalue weighted by Gasteiger charge is -2.05. The van der Waals surface area contributed by atoms with Gasteiger partial charge in [0.15, 0.2) is 0 Å². The lowest BCUT2D eigenvalue weighted by molar-refractivity contribution is 0.0696. The van der Waals surface area contributed by atoms with E-state index in [1.807, 2.05) is 0 Å². The molecule has 9 heteroatoms. The molecular weight excluding hydrogens is 264 g/mol. The first-order valence-electron chi connectivity index (χ1n) is 5.52. The number of carbonyl (C=O) groups is 2. The molecule has 0 saturated heterocycles. The number of pyridine rings is 1. The minimum Gasteiger partial charge on any atom is -0.478 e. The van der Waals surface area contributed by atoms with E-state index in [0.717, 1.165) is 0 Å². The van der Waals surface area contributed by atoms with Crippen LogP contribution in [0.5, 0.6) is 0 Å². The van der Waals surface area contributed by atoms with Crippen LogP contribution >= 0.6 is 0 Å². The van der Waals surface area contributed by atoms with Gasteiger partial charge in [-0.15, -0.1) is 5.10 Å². The molecule has 0 saturated carbocycles. The number of aromatic carboxylic acids is 1. The van der Waals surface area contributed by atoms with Crippen molar-refractivity contribution in [1.82, 2.24) is 25.5 Å². The Morgan fingerprint density at radius 2 is 2.05 bits per heavy atom. The number of hydrogen-bond donors (Lipinski definition) is 3. The third-order valence-electron chi connectivity index (χ3n) is 2.20. The van der Waals surface area contributed by atoms with Crippen molar-refractivity contribution >= 4 is 17.9 Å². The summed E-state index contributed by atoms with van der Waals surface area (Å²) < 4.78 is 0. The summed E-state index contributed by atoms with van der Waals surface area (Å²) in [7, 11) is 0. The van der Waals surface area contributed by atoms with E-state index in [1.165, 1.54) is 30.7 Å². The fourth-order valence-corrected chi connectivity index (χ4v) is 1.33.